The highest BCUT2D eigenvalue weighted by Gasteiger charge is 2.58. The molecular formula is C26H36IN5O2. The van der Waals surface area contributed by atoms with Crippen molar-refractivity contribution in [3.05, 3.63) is 42.0 Å². The van der Waals surface area contributed by atoms with Gasteiger partial charge in [-0.05, 0) is 54.7 Å². The van der Waals surface area contributed by atoms with Gasteiger partial charge in [0.25, 0.3) is 0 Å². The van der Waals surface area contributed by atoms with Crippen LogP contribution in [0.5, 0.6) is 0 Å². The lowest BCUT2D eigenvalue weighted by Crippen LogP contribution is -2.43. The summed E-state index contributed by atoms with van der Waals surface area (Å²) in [5.41, 5.74) is 2.48. The van der Waals surface area contributed by atoms with E-state index in [1.807, 2.05) is 0 Å². The second kappa shape index (κ2) is 10.7. The summed E-state index contributed by atoms with van der Waals surface area (Å²) >= 11 is 0. The summed E-state index contributed by atoms with van der Waals surface area (Å²) in [6.45, 7) is 6.14. The van der Waals surface area contributed by atoms with E-state index in [-0.39, 0.29) is 59.5 Å². The molecule has 2 N–H and O–H groups in total. The maximum Gasteiger partial charge on any atom is 0.233 e. The molecule has 2 bridgehead atoms. The second-order valence-corrected chi connectivity index (χ2v) is 10.0. The van der Waals surface area contributed by atoms with Crippen molar-refractivity contribution in [1.29, 1.82) is 0 Å². The molecule has 1 aromatic rings. The van der Waals surface area contributed by atoms with E-state index < -0.39 is 0 Å². The number of hydrogen-bond acceptors (Lipinski definition) is 4. The van der Waals surface area contributed by atoms with Crippen LogP contribution in [0.25, 0.3) is 0 Å². The van der Waals surface area contributed by atoms with Crippen molar-refractivity contribution in [2.24, 2.45) is 34.6 Å². The number of carbonyl (C=O) groups is 2. The number of hydrogen-bond donors (Lipinski definition) is 2. The topological polar surface area (TPSA) is 77.0 Å². The van der Waals surface area contributed by atoms with Crippen molar-refractivity contribution < 1.29 is 9.59 Å². The number of guanidine groups is 1. The SMILES string of the molecule is CN=C(NCCN1C(=O)C2C3C=CC(C3)C2C1=O)NCc1ccc(N2CCC(C)CC2)cc1.I. The number of piperidine rings is 1. The minimum atomic E-state index is -0.124. The molecule has 2 heterocycles. The molecule has 2 aliphatic heterocycles. The third-order valence-corrected chi connectivity index (χ3v) is 7.96. The molecule has 7 nitrogen and oxygen atoms in total. The number of benzene rings is 1. The van der Waals surface area contributed by atoms with Crippen molar-refractivity contribution in [1.82, 2.24) is 15.5 Å². The summed E-state index contributed by atoms with van der Waals surface area (Å²) < 4.78 is 0. The lowest BCUT2D eigenvalue weighted by Gasteiger charge is -2.32. The number of imide groups is 1. The predicted octanol–water partition coefficient (Wildman–Crippen LogP) is 3.01. The minimum absolute atomic E-state index is 0. The molecule has 4 unspecified atom stereocenters. The number of aliphatic imine (C=N–C) groups is 1. The number of nitrogens with zero attached hydrogens (tertiary/aromatic N) is 3. The van der Waals surface area contributed by atoms with Gasteiger partial charge in [-0.25, -0.2) is 0 Å². The molecule has 2 aliphatic carbocycles. The first-order chi connectivity index (χ1) is 16.0. The monoisotopic (exact) mass is 577 g/mol. The Kier molecular flexibility index (Phi) is 7.84. The first-order valence-corrected chi connectivity index (χ1v) is 12.4. The maximum absolute atomic E-state index is 12.8. The van der Waals surface area contributed by atoms with Crippen molar-refractivity contribution in [2.75, 3.05) is 38.1 Å². The van der Waals surface area contributed by atoms with E-state index in [0.29, 0.717) is 25.6 Å². The normalized spacial score (nSPS) is 28.4. The Hall–Kier alpha value is -2.10. The summed E-state index contributed by atoms with van der Waals surface area (Å²) in [7, 11) is 1.73. The Morgan fingerprint density at radius 2 is 1.62 bits per heavy atom. The second-order valence-electron chi connectivity index (χ2n) is 10.0. The van der Waals surface area contributed by atoms with Gasteiger partial charge in [0.1, 0.15) is 0 Å². The van der Waals surface area contributed by atoms with Crippen LogP contribution in [-0.2, 0) is 16.1 Å². The van der Waals surface area contributed by atoms with Gasteiger partial charge < -0.3 is 15.5 Å². The first kappa shape index (κ1) is 25.0. The Labute approximate surface area is 219 Å². The zero-order valence-corrected chi connectivity index (χ0v) is 22.4. The average Bonchev–Trinajstić information content (AvgIpc) is 3.52. The van der Waals surface area contributed by atoms with E-state index in [9.17, 15) is 9.59 Å². The molecular weight excluding hydrogens is 541 g/mol. The number of amides is 2. The molecule has 2 amide bonds. The number of carbonyl (C=O) groups excluding carboxylic acids is 2. The smallest absolute Gasteiger partial charge is 0.233 e. The number of likely N-dealkylation sites (tertiary alicyclic amines) is 1. The van der Waals surface area contributed by atoms with Crippen LogP contribution in [0, 0.1) is 29.6 Å². The van der Waals surface area contributed by atoms with E-state index in [2.05, 4.69) is 63.9 Å². The predicted molar refractivity (Wildman–Crippen MR) is 145 cm³/mol. The Bertz CT molecular complexity index is 924. The Morgan fingerprint density at radius 1 is 1.00 bits per heavy atom. The molecule has 3 fully saturated rings. The van der Waals surface area contributed by atoms with Gasteiger partial charge in [0.05, 0.1) is 11.8 Å². The van der Waals surface area contributed by atoms with Crippen LogP contribution < -0.4 is 15.5 Å². The third-order valence-electron chi connectivity index (χ3n) is 7.96. The van der Waals surface area contributed by atoms with Crippen molar-refractivity contribution in [3.8, 4) is 0 Å². The molecule has 34 heavy (non-hydrogen) atoms. The molecule has 1 aromatic carbocycles. The molecule has 184 valence electrons. The van der Waals surface area contributed by atoms with Crippen LogP contribution >= 0.6 is 24.0 Å². The zero-order chi connectivity index (χ0) is 22.9. The van der Waals surface area contributed by atoms with Crippen LogP contribution in [0.2, 0.25) is 0 Å². The van der Waals surface area contributed by atoms with Crippen LogP contribution in [0.4, 0.5) is 5.69 Å². The van der Waals surface area contributed by atoms with Crippen LogP contribution in [0.1, 0.15) is 31.7 Å². The van der Waals surface area contributed by atoms with Gasteiger partial charge in [0, 0.05) is 45.5 Å². The quantitative estimate of drug-likeness (QED) is 0.179. The number of halogens is 1. The van der Waals surface area contributed by atoms with Gasteiger partial charge >= 0.3 is 0 Å². The number of fused-ring (bicyclic) bond motifs is 5. The van der Waals surface area contributed by atoms with Crippen molar-refractivity contribution >= 4 is 47.4 Å². The maximum atomic E-state index is 12.8. The average molecular weight is 578 g/mol. The number of anilines is 1. The molecule has 0 radical (unpaired) electrons. The van der Waals surface area contributed by atoms with Crippen LogP contribution in [0.3, 0.4) is 0 Å². The van der Waals surface area contributed by atoms with E-state index in [0.717, 1.165) is 25.4 Å². The highest BCUT2D eigenvalue weighted by molar-refractivity contribution is 14.0. The molecule has 5 rings (SSSR count). The van der Waals surface area contributed by atoms with Gasteiger partial charge in [-0.3, -0.25) is 19.5 Å². The zero-order valence-electron chi connectivity index (χ0n) is 20.1. The fourth-order valence-corrected chi connectivity index (χ4v) is 5.97. The molecule has 8 heteroatoms. The lowest BCUT2D eigenvalue weighted by atomic mass is 9.85. The van der Waals surface area contributed by atoms with E-state index >= 15 is 0 Å². The van der Waals surface area contributed by atoms with Crippen LogP contribution in [-0.4, -0.2) is 55.9 Å². The van der Waals surface area contributed by atoms with Gasteiger partial charge in [-0.2, -0.15) is 0 Å². The Balaban J connectivity index is 0.00000274. The Morgan fingerprint density at radius 3 is 2.21 bits per heavy atom. The van der Waals surface area contributed by atoms with Gasteiger partial charge in [0.15, 0.2) is 5.96 Å². The van der Waals surface area contributed by atoms with Crippen molar-refractivity contribution in [3.63, 3.8) is 0 Å². The van der Waals surface area contributed by atoms with E-state index in [1.165, 1.54) is 29.0 Å². The molecule has 2 saturated heterocycles. The van der Waals surface area contributed by atoms with Gasteiger partial charge in [0.2, 0.25) is 11.8 Å². The first-order valence-electron chi connectivity index (χ1n) is 12.4. The highest BCUT2D eigenvalue weighted by Crippen LogP contribution is 2.52. The largest absolute Gasteiger partial charge is 0.372 e. The third kappa shape index (κ3) is 4.83. The number of rotatable bonds is 6. The van der Waals surface area contributed by atoms with E-state index in [1.54, 1.807) is 7.05 Å². The molecule has 4 atom stereocenters. The summed E-state index contributed by atoms with van der Waals surface area (Å²) in [6, 6.07) is 8.73. The fourth-order valence-electron chi connectivity index (χ4n) is 5.97. The standard InChI is InChI=1S/C26H35N5O2.HI/c1-17-9-12-30(13-10-17)21-7-3-18(4-8-21)16-29-26(27-2)28-11-14-31-24(32)22-19-5-6-20(15-19)23(22)25(31)33;/h3-8,17,19-20,22-23H,9-16H2,1-2H3,(H2,27,28,29);1H. The summed E-state index contributed by atoms with van der Waals surface area (Å²) in [4.78, 5) is 33.8. The summed E-state index contributed by atoms with van der Waals surface area (Å²) in [6.07, 6.45) is 7.75. The molecule has 4 aliphatic rings. The van der Waals surface area contributed by atoms with Gasteiger partial charge in [-0.1, -0.05) is 31.2 Å². The summed E-state index contributed by atoms with van der Waals surface area (Å²) in [5.74, 6) is 1.79. The molecule has 0 spiro atoms. The lowest BCUT2D eigenvalue weighted by molar-refractivity contribution is -0.140. The van der Waals surface area contributed by atoms with Crippen molar-refractivity contribution in [2.45, 2.75) is 32.7 Å². The summed E-state index contributed by atoms with van der Waals surface area (Å²) in [5, 5.41) is 6.58. The highest BCUT2D eigenvalue weighted by atomic mass is 127. The van der Waals surface area contributed by atoms with Crippen LogP contribution in [0.15, 0.2) is 41.4 Å². The van der Waals surface area contributed by atoms with E-state index in [4.69, 9.17) is 0 Å². The number of allylic oxidation sites excluding steroid dienone is 2. The molecule has 0 aromatic heterocycles. The fraction of sp³-hybridized carbons (Fsp3) is 0.577. The molecule has 1 saturated carbocycles. The van der Waals surface area contributed by atoms with Gasteiger partial charge in [-0.15, -0.1) is 24.0 Å². The minimum Gasteiger partial charge on any atom is -0.372 e. The number of nitrogens with one attached hydrogen (secondary N) is 2.